The lowest BCUT2D eigenvalue weighted by Gasteiger charge is -2.15. The molecule has 2 aromatic carbocycles. The van der Waals surface area contributed by atoms with Crippen molar-refractivity contribution < 1.29 is 9.59 Å². The van der Waals surface area contributed by atoms with Crippen LogP contribution in [0.3, 0.4) is 0 Å². The Morgan fingerprint density at radius 2 is 1.88 bits per heavy atom. The van der Waals surface area contributed by atoms with Gasteiger partial charge in [0, 0.05) is 18.3 Å². The minimum Gasteiger partial charge on any atom is -0.274 e. The summed E-state index contributed by atoms with van der Waals surface area (Å²) >= 11 is 1.25. The lowest BCUT2D eigenvalue weighted by atomic mass is 10.1. The van der Waals surface area contributed by atoms with Gasteiger partial charge < -0.3 is 0 Å². The van der Waals surface area contributed by atoms with Gasteiger partial charge in [-0.15, -0.1) is 0 Å². The largest absolute Gasteiger partial charge is 0.274 e. The lowest BCUT2D eigenvalue weighted by Crippen LogP contribution is -2.31. The van der Waals surface area contributed by atoms with Gasteiger partial charge in [0.2, 0.25) is 11.8 Å². The fourth-order valence-electron chi connectivity index (χ4n) is 2.89. The van der Waals surface area contributed by atoms with Gasteiger partial charge in [0.1, 0.15) is 5.25 Å². The lowest BCUT2D eigenvalue weighted by molar-refractivity contribution is -0.121. The van der Waals surface area contributed by atoms with Crippen LogP contribution in [0.2, 0.25) is 0 Å². The number of benzene rings is 2. The molecule has 1 fully saturated rings. The first-order valence-corrected chi connectivity index (χ1v) is 8.82. The van der Waals surface area contributed by atoms with E-state index in [4.69, 9.17) is 0 Å². The molecular formula is C19H15N3O2S. The molecule has 1 aliphatic heterocycles. The molecule has 1 atom stereocenters. The van der Waals surface area contributed by atoms with Crippen molar-refractivity contribution in [3.63, 3.8) is 0 Å². The number of thioether (sulfide) groups is 1. The Morgan fingerprint density at radius 3 is 2.68 bits per heavy atom. The number of anilines is 1. The van der Waals surface area contributed by atoms with E-state index in [1.807, 2.05) is 49.4 Å². The van der Waals surface area contributed by atoms with Crippen LogP contribution in [0.25, 0.3) is 10.8 Å². The Hall–Kier alpha value is -2.73. The second kappa shape index (κ2) is 6.29. The molecule has 4 rings (SSSR count). The van der Waals surface area contributed by atoms with Gasteiger partial charge in [-0.3, -0.25) is 9.59 Å². The SMILES string of the molecule is Cc1ccnc(SC2CC(=O)N(c3ccc4ccccc4c3)C2=O)n1. The molecule has 3 aromatic rings. The highest BCUT2D eigenvalue weighted by Crippen LogP contribution is 2.33. The van der Waals surface area contributed by atoms with E-state index in [2.05, 4.69) is 9.97 Å². The molecule has 0 saturated carbocycles. The molecule has 0 bridgehead atoms. The van der Waals surface area contributed by atoms with Gasteiger partial charge in [0.15, 0.2) is 5.16 Å². The van der Waals surface area contributed by atoms with E-state index in [0.717, 1.165) is 16.5 Å². The molecule has 0 radical (unpaired) electrons. The fourth-order valence-corrected chi connectivity index (χ4v) is 3.90. The molecule has 1 saturated heterocycles. The highest BCUT2D eigenvalue weighted by atomic mass is 32.2. The van der Waals surface area contributed by atoms with E-state index < -0.39 is 5.25 Å². The normalized spacial score (nSPS) is 17.5. The maximum Gasteiger partial charge on any atom is 0.247 e. The van der Waals surface area contributed by atoms with Crippen LogP contribution in [0.5, 0.6) is 0 Å². The van der Waals surface area contributed by atoms with E-state index >= 15 is 0 Å². The zero-order chi connectivity index (χ0) is 17.4. The number of nitrogens with zero attached hydrogens (tertiary/aromatic N) is 3. The van der Waals surface area contributed by atoms with Crippen molar-refractivity contribution >= 4 is 40.0 Å². The number of hydrogen-bond donors (Lipinski definition) is 0. The number of aryl methyl sites for hydroxylation is 1. The maximum absolute atomic E-state index is 12.8. The minimum atomic E-state index is -0.485. The quantitative estimate of drug-likeness (QED) is 0.536. The van der Waals surface area contributed by atoms with E-state index in [1.54, 1.807) is 12.3 Å². The monoisotopic (exact) mass is 349 g/mol. The van der Waals surface area contributed by atoms with Crippen molar-refractivity contribution in [2.24, 2.45) is 0 Å². The Kier molecular flexibility index (Phi) is 3.97. The Morgan fingerprint density at radius 1 is 1.08 bits per heavy atom. The Labute approximate surface area is 149 Å². The molecule has 1 aromatic heterocycles. The summed E-state index contributed by atoms with van der Waals surface area (Å²) in [6, 6.07) is 15.3. The number of amides is 2. The number of carbonyl (C=O) groups excluding carboxylic acids is 2. The number of carbonyl (C=O) groups is 2. The number of rotatable bonds is 3. The van der Waals surface area contributed by atoms with Crippen molar-refractivity contribution in [2.75, 3.05) is 4.90 Å². The van der Waals surface area contributed by atoms with E-state index in [9.17, 15) is 9.59 Å². The molecular weight excluding hydrogens is 334 g/mol. The molecule has 1 unspecified atom stereocenters. The molecule has 1 aliphatic rings. The minimum absolute atomic E-state index is 0.160. The smallest absolute Gasteiger partial charge is 0.247 e. The zero-order valence-corrected chi connectivity index (χ0v) is 14.4. The predicted molar refractivity (Wildman–Crippen MR) is 97.5 cm³/mol. The highest BCUT2D eigenvalue weighted by Gasteiger charge is 2.40. The van der Waals surface area contributed by atoms with Crippen LogP contribution in [0.4, 0.5) is 5.69 Å². The van der Waals surface area contributed by atoms with Crippen LogP contribution in [0.15, 0.2) is 59.9 Å². The predicted octanol–water partition coefficient (Wildman–Crippen LogP) is 3.36. The maximum atomic E-state index is 12.8. The summed E-state index contributed by atoms with van der Waals surface area (Å²) in [7, 11) is 0. The van der Waals surface area contributed by atoms with Crippen LogP contribution in [-0.4, -0.2) is 27.0 Å². The van der Waals surface area contributed by atoms with Gasteiger partial charge in [-0.05, 0) is 35.9 Å². The molecule has 5 nitrogen and oxygen atoms in total. The van der Waals surface area contributed by atoms with Gasteiger partial charge in [-0.2, -0.15) is 0 Å². The third-order valence-electron chi connectivity index (χ3n) is 4.12. The second-order valence-corrected chi connectivity index (χ2v) is 7.06. The van der Waals surface area contributed by atoms with E-state index in [-0.39, 0.29) is 18.2 Å². The third kappa shape index (κ3) is 3.00. The van der Waals surface area contributed by atoms with Crippen LogP contribution < -0.4 is 4.90 Å². The fraction of sp³-hybridized carbons (Fsp3) is 0.158. The topological polar surface area (TPSA) is 63.2 Å². The Balaban J connectivity index is 1.62. The average molecular weight is 349 g/mol. The van der Waals surface area contributed by atoms with Gasteiger partial charge in [0.05, 0.1) is 5.69 Å². The van der Waals surface area contributed by atoms with Crippen molar-refractivity contribution in [3.05, 3.63) is 60.4 Å². The molecule has 2 heterocycles. The van der Waals surface area contributed by atoms with Crippen LogP contribution in [0, 0.1) is 6.92 Å². The van der Waals surface area contributed by atoms with Crippen LogP contribution >= 0.6 is 11.8 Å². The van der Waals surface area contributed by atoms with Gasteiger partial charge >= 0.3 is 0 Å². The van der Waals surface area contributed by atoms with Crippen molar-refractivity contribution in [2.45, 2.75) is 23.8 Å². The van der Waals surface area contributed by atoms with Gasteiger partial charge in [-0.25, -0.2) is 14.9 Å². The summed E-state index contributed by atoms with van der Waals surface area (Å²) in [6.07, 6.45) is 1.82. The second-order valence-electron chi connectivity index (χ2n) is 5.89. The third-order valence-corrected chi connectivity index (χ3v) is 5.18. The average Bonchev–Trinajstić information content (AvgIpc) is 2.88. The highest BCUT2D eigenvalue weighted by molar-refractivity contribution is 8.00. The van der Waals surface area contributed by atoms with Gasteiger partial charge in [-0.1, -0.05) is 42.1 Å². The van der Waals surface area contributed by atoms with Crippen molar-refractivity contribution in [3.8, 4) is 0 Å². The summed E-state index contributed by atoms with van der Waals surface area (Å²) in [6.45, 7) is 1.87. The first-order valence-electron chi connectivity index (χ1n) is 7.94. The summed E-state index contributed by atoms with van der Waals surface area (Å²) in [5, 5.41) is 2.11. The summed E-state index contributed by atoms with van der Waals surface area (Å²) < 4.78 is 0. The number of hydrogen-bond acceptors (Lipinski definition) is 5. The summed E-state index contributed by atoms with van der Waals surface area (Å²) in [5.41, 5.74) is 1.45. The van der Waals surface area contributed by atoms with Crippen molar-refractivity contribution in [1.29, 1.82) is 0 Å². The van der Waals surface area contributed by atoms with Gasteiger partial charge in [0.25, 0.3) is 0 Å². The van der Waals surface area contributed by atoms with Crippen LogP contribution in [-0.2, 0) is 9.59 Å². The summed E-state index contributed by atoms with van der Waals surface area (Å²) in [4.78, 5) is 35.0. The number of aromatic nitrogens is 2. The van der Waals surface area contributed by atoms with E-state index in [1.165, 1.54) is 16.7 Å². The molecule has 0 N–H and O–H groups in total. The van der Waals surface area contributed by atoms with E-state index in [0.29, 0.717) is 10.8 Å². The molecule has 25 heavy (non-hydrogen) atoms. The summed E-state index contributed by atoms with van der Waals surface area (Å²) in [5.74, 6) is -0.402. The molecule has 0 aliphatic carbocycles. The molecule has 124 valence electrons. The Bertz CT molecular complexity index is 989. The molecule has 0 spiro atoms. The zero-order valence-electron chi connectivity index (χ0n) is 13.5. The van der Waals surface area contributed by atoms with Crippen LogP contribution in [0.1, 0.15) is 12.1 Å². The number of imide groups is 1. The number of fused-ring (bicyclic) bond motifs is 1. The first kappa shape index (κ1) is 15.8. The first-order chi connectivity index (χ1) is 12.1. The molecule has 6 heteroatoms. The van der Waals surface area contributed by atoms with Crippen molar-refractivity contribution in [1.82, 2.24) is 9.97 Å². The standard InChI is InChI=1S/C19H15N3O2S/c1-12-8-9-20-19(21-12)25-16-11-17(23)22(18(16)24)15-7-6-13-4-2-3-5-14(13)10-15/h2-10,16H,11H2,1H3. The molecule has 2 amide bonds.